The van der Waals surface area contributed by atoms with Crippen molar-refractivity contribution in [1.82, 2.24) is 29.9 Å². The Labute approximate surface area is 155 Å². The Morgan fingerprint density at radius 2 is 1.96 bits per heavy atom. The summed E-state index contributed by atoms with van der Waals surface area (Å²) >= 11 is 0. The molecule has 1 aliphatic heterocycles. The van der Waals surface area contributed by atoms with Crippen molar-refractivity contribution in [2.45, 2.75) is 6.54 Å². The second-order valence-corrected chi connectivity index (χ2v) is 6.30. The van der Waals surface area contributed by atoms with Crippen LogP contribution in [0.3, 0.4) is 0 Å². The van der Waals surface area contributed by atoms with E-state index < -0.39 is 0 Å². The number of guanidine groups is 1. The summed E-state index contributed by atoms with van der Waals surface area (Å²) in [6.45, 7) is 5.61. The van der Waals surface area contributed by atoms with Crippen LogP contribution in [0.2, 0.25) is 0 Å². The molecule has 138 valence electrons. The van der Waals surface area contributed by atoms with Gasteiger partial charge in [0.15, 0.2) is 5.96 Å². The average Bonchev–Trinajstić information content (AvgIpc) is 3.09. The number of rotatable bonds is 5. The zero-order valence-electron chi connectivity index (χ0n) is 15.5. The normalized spacial score (nSPS) is 16.4. The molecule has 1 N–H and O–H groups in total. The molecule has 1 saturated heterocycles. The van der Waals surface area contributed by atoms with Gasteiger partial charge in [0.1, 0.15) is 12.2 Å². The van der Waals surface area contributed by atoms with E-state index in [1.54, 1.807) is 11.0 Å². The number of benzene rings is 1. The number of aryl methyl sites for hydroxylation is 1. The van der Waals surface area contributed by atoms with Crippen LogP contribution in [0.1, 0.15) is 11.4 Å². The molecule has 0 amide bonds. The summed E-state index contributed by atoms with van der Waals surface area (Å²) in [5.41, 5.74) is 1.25. The van der Waals surface area contributed by atoms with Gasteiger partial charge in [-0.2, -0.15) is 5.10 Å². The molecule has 3 rings (SSSR count). The number of hydrogen-bond acceptors (Lipinski definition) is 4. The molecular formula is C19H27N7. The fourth-order valence-corrected chi connectivity index (χ4v) is 3.01. The minimum Gasteiger partial charge on any atom is -0.349 e. The monoisotopic (exact) mass is 353 g/mol. The number of nitrogens with zero attached hydrogens (tertiary/aromatic N) is 6. The van der Waals surface area contributed by atoms with Gasteiger partial charge in [0, 0.05) is 46.8 Å². The van der Waals surface area contributed by atoms with Gasteiger partial charge in [-0.05, 0) is 5.56 Å². The van der Waals surface area contributed by atoms with E-state index in [9.17, 15) is 0 Å². The first kappa shape index (κ1) is 18.1. The van der Waals surface area contributed by atoms with Crippen LogP contribution in [0.25, 0.3) is 6.08 Å². The van der Waals surface area contributed by atoms with Gasteiger partial charge in [0.25, 0.3) is 0 Å². The lowest BCUT2D eigenvalue weighted by atomic mass is 10.2. The van der Waals surface area contributed by atoms with E-state index >= 15 is 0 Å². The Bertz CT molecular complexity index is 727. The van der Waals surface area contributed by atoms with E-state index in [0.717, 1.165) is 44.5 Å². The van der Waals surface area contributed by atoms with E-state index in [2.05, 4.69) is 66.6 Å². The largest absolute Gasteiger partial charge is 0.349 e. The van der Waals surface area contributed by atoms with Crippen molar-refractivity contribution in [3.63, 3.8) is 0 Å². The van der Waals surface area contributed by atoms with Crippen LogP contribution in [0, 0.1) is 0 Å². The fraction of sp³-hybridized carbons (Fsp3) is 0.421. The topological polar surface area (TPSA) is 61.6 Å². The highest BCUT2D eigenvalue weighted by Gasteiger charge is 2.18. The zero-order valence-corrected chi connectivity index (χ0v) is 15.5. The minimum atomic E-state index is 0.628. The van der Waals surface area contributed by atoms with Crippen LogP contribution >= 0.6 is 0 Å². The number of aliphatic imine (C=N–C) groups is 1. The smallest absolute Gasteiger partial charge is 0.194 e. The van der Waals surface area contributed by atoms with E-state index in [-0.39, 0.29) is 0 Å². The van der Waals surface area contributed by atoms with Crippen LogP contribution < -0.4 is 5.32 Å². The lowest BCUT2D eigenvalue weighted by molar-refractivity contribution is 0.194. The molecular weight excluding hydrogens is 326 g/mol. The van der Waals surface area contributed by atoms with E-state index in [0.29, 0.717) is 6.54 Å². The molecule has 0 radical (unpaired) electrons. The van der Waals surface area contributed by atoms with Crippen molar-refractivity contribution >= 4 is 12.0 Å². The molecule has 7 heteroatoms. The number of piperazine rings is 1. The molecule has 0 aliphatic carbocycles. The molecule has 0 spiro atoms. The molecule has 2 heterocycles. The Balaban J connectivity index is 1.43. The van der Waals surface area contributed by atoms with Crippen molar-refractivity contribution in [3.8, 4) is 0 Å². The van der Waals surface area contributed by atoms with Gasteiger partial charge in [-0.1, -0.05) is 42.5 Å². The van der Waals surface area contributed by atoms with Crippen molar-refractivity contribution in [2.24, 2.45) is 12.0 Å². The van der Waals surface area contributed by atoms with Gasteiger partial charge in [-0.3, -0.25) is 14.6 Å². The highest BCUT2D eigenvalue weighted by molar-refractivity contribution is 5.79. The average molecular weight is 353 g/mol. The summed E-state index contributed by atoms with van der Waals surface area (Å²) in [6, 6.07) is 10.4. The first-order chi connectivity index (χ1) is 12.8. The van der Waals surface area contributed by atoms with Crippen LogP contribution in [0.4, 0.5) is 0 Å². The highest BCUT2D eigenvalue weighted by Crippen LogP contribution is 2.05. The van der Waals surface area contributed by atoms with Crippen molar-refractivity contribution < 1.29 is 0 Å². The van der Waals surface area contributed by atoms with Crippen LogP contribution in [-0.4, -0.2) is 70.3 Å². The van der Waals surface area contributed by atoms with E-state index in [4.69, 9.17) is 0 Å². The third-order valence-corrected chi connectivity index (χ3v) is 4.57. The molecule has 1 fully saturated rings. The minimum absolute atomic E-state index is 0.628. The molecule has 0 unspecified atom stereocenters. The molecule has 1 aliphatic rings. The Morgan fingerprint density at radius 1 is 1.19 bits per heavy atom. The van der Waals surface area contributed by atoms with Crippen molar-refractivity contribution in [3.05, 3.63) is 54.1 Å². The molecule has 7 nitrogen and oxygen atoms in total. The first-order valence-corrected chi connectivity index (χ1v) is 8.98. The Kier molecular flexibility index (Phi) is 6.38. The maximum Gasteiger partial charge on any atom is 0.194 e. The van der Waals surface area contributed by atoms with Gasteiger partial charge >= 0.3 is 0 Å². The summed E-state index contributed by atoms with van der Waals surface area (Å²) < 4.78 is 1.78. The third-order valence-electron chi connectivity index (χ3n) is 4.57. The third kappa shape index (κ3) is 4.92. The summed E-state index contributed by atoms with van der Waals surface area (Å²) in [5.74, 6) is 1.82. The van der Waals surface area contributed by atoms with Gasteiger partial charge < -0.3 is 10.2 Å². The number of nitrogens with one attached hydrogen (secondary N) is 1. The molecule has 2 aromatic rings. The van der Waals surface area contributed by atoms with Gasteiger partial charge in [0.2, 0.25) is 0 Å². The van der Waals surface area contributed by atoms with Crippen LogP contribution in [0.5, 0.6) is 0 Å². The van der Waals surface area contributed by atoms with Gasteiger partial charge in [-0.15, -0.1) is 0 Å². The maximum atomic E-state index is 4.41. The Morgan fingerprint density at radius 3 is 2.62 bits per heavy atom. The summed E-state index contributed by atoms with van der Waals surface area (Å²) in [5, 5.41) is 7.47. The summed E-state index contributed by atoms with van der Waals surface area (Å²) in [4.78, 5) is 13.4. The van der Waals surface area contributed by atoms with Crippen molar-refractivity contribution in [2.75, 3.05) is 39.8 Å². The molecule has 0 atom stereocenters. The number of aromatic nitrogens is 3. The standard InChI is InChI=1S/C19H27N7/c1-20-19(21-15-18-22-16-23-24(18)2)26-13-11-25(12-14-26)10-6-9-17-7-4-3-5-8-17/h3-9,16H,10-15H2,1-2H3,(H,20,21). The van der Waals surface area contributed by atoms with E-state index in [1.807, 2.05) is 20.2 Å². The molecule has 0 bridgehead atoms. The number of hydrogen-bond donors (Lipinski definition) is 1. The second-order valence-electron chi connectivity index (χ2n) is 6.30. The van der Waals surface area contributed by atoms with Gasteiger partial charge in [-0.25, -0.2) is 4.98 Å². The predicted molar refractivity (Wildman–Crippen MR) is 105 cm³/mol. The maximum absolute atomic E-state index is 4.41. The molecule has 1 aromatic carbocycles. The first-order valence-electron chi connectivity index (χ1n) is 8.98. The highest BCUT2D eigenvalue weighted by atomic mass is 15.4. The molecule has 0 saturated carbocycles. The summed E-state index contributed by atoms with van der Waals surface area (Å²) in [6.07, 6.45) is 6.00. The van der Waals surface area contributed by atoms with Crippen LogP contribution in [0.15, 0.2) is 47.7 Å². The SMILES string of the molecule is CN=C(NCc1ncnn1C)N1CCN(CC=Cc2ccccc2)CC1. The predicted octanol–water partition coefficient (Wildman–Crippen LogP) is 1.22. The summed E-state index contributed by atoms with van der Waals surface area (Å²) in [7, 11) is 3.72. The zero-order chi connectivity index (χ0) is 18.2. The van der Waals surface area contributed by atoms with Gasteiger partial charge in [0.05, 0.1) is 6.54 Å². The second kappa shape index (κ2) is 9.15. The lowest BCUT2D eigenvalue weighted by Gasteiger charge is -2.36. The lowest BCUT2D eigenvalue weighted by Crippen LogP contribution is -2.52. The molecule has 26 heavy (non-hydrogen) atoms. The Hall–Kier alpha value is -2.67. The quantitative estimate of drug-likeness (QED) is 0.647. The van der Waals surface area contributed by atoms with Crippen LogP contribution in [-0.2, 0) is 13.6 Å². The van der Waals surface area contributed by atoms with E-state index in [1.165, 1.54) is 5.56 Å². The van der Waals surface area contributed by atoms with Crippen molar-refractivity contribution in [1.29, 1.82) is 0 Å². The fourth-order valence-electron chi connectivity index (χ4n) is 3.01. The molecule has 1 aromatic heterocycles.